The Morgan fingerprint density at radius 2 is 0.897 bits per heavy atom. The van der Waals surface area contributed by atoms with Crippen molar-refractivity contribution in [1.29, 1.82) is 0 Å². The standard InChI is InChI=1S/C32H17BN2O4/c1-34-29(36)21-10-6-17-19-8-12-23-28-24(32(39)35(31(23)38)16-4-2-15(14-33)3-5-16)13-9-20(26(19)28)18-7-11-22(30(34)37)27(21)25(17)18/h2-13H,14H2,1H3. The van der Waals surface area contributed by atoms with Crippen LogP contribution in [0.4, 0.5) is 5.69 Å². The first kappa shape index (κ1) is 22.0. The first-order valence-corrected chi connectivity index (χ1v) is 12.6. The number of nitrogens with zero attached hydrogens (tertiary/aromatic N) is 2. The number of benzene rings is 6. The van der Waals surface area contributed by atoms with E-state index in [0.29, 0.717) is 45.0 Å². The number of hydrogen-bond acceptors (Lipinski definition) is 4. The van der Waals surface area contributed by atoms with Crippen molar-refractivity contribution in [2.24, 2.45) is 0 Å². The minimum Gasteiger partial charge on any atom is -0.277 e. The van der Waals surface area contributed by atoms with Crippen LogP contribution < -0.4 is 4.90 Å². The van der Waals surface area contributed by atoms with Gasteiger partial charge in [-0.15, -0.1) is 0 Å². The number of carbonyl (C=O) groups is 4. The molecule has 8 rings (SSSR count). The summed E-state index contributed by atoms with van der Waals surface area (Å²) in [7, 11) is 7.21. The SMILES string of the molecule is [B]Cc1ccc(N2C(=O)c3ccc4c5ccc6c7c(ccc(c8ccc(c3c48)C2=O)c75)C(=O)N(C)C6=O)cc1. The van der Waals surface area contributed by atoms with Gasteiger partial charge in [0, 0.05) is 40.1 Å². The van der Waals surface area contributed by atoms with Gasteiger partial charge in [-0.1, -0.05) is 48.3 Å². The topological polar surface area (TPSA) is 74.8 Å². The van der Waals surface area contributed by atoms with Gasteiger partial charge in [0.15, 0.2) is 0 Å². The van der Waals surface area contributed by atoms with Gasteiger partial charge in [-0.05, 0) is 68.7 Å². The number of anilines is 1. The van der Waals surface area contributed by atoms with Crippen LogP contribution in [-0.2, 0) is 6.32 Å². The molecule has 0 spiro atoms. The van der Waals surface area contributed by atoms with E-state index in [1.807, 2.05) is 36.4 Å². The molecule has 2 radical (unpaired) electrons. The number of rotatable bonds is 2. The molecule has 39 heavy (non-hydrogen) atoms. The lowest BCUT2D eigenvalue weighted by Gasteiger charge is -2.29. The average Bonchev–Trinajstić information content (AvgIpc) is 2.97. The quantitative estimate of drug-likeness (QED) is 0.136. The number of hydrogen-bond donors (Lipinski definition) is 0. The summed E-state index contributed by atoms with van der Waals surface area (Å²) in [6.45, 7) is 0. The molecule has 2 aliphatic rings. The second-order valence-electron chi connectivity index (χ2n) is 10.1. The first-order valence-electron chi connectivity index (χ1n) is 12.6. The molecule has 6 aromatic rings. The molecule has 2 aliphatic heterocycles. The third-order valence-electron chi connectivity index (χ3n) is 8.27. The molecule has 0 aromatic heterocycles. The normalized spacial score (nSPS) is 15.1. The van der Waals surface area contributed by atoms with E-state index in [9.17, 15) is 19.2 Å². The molecule has 0 aliphatic carbocycles. The minimum atomic E-state index is -0.382. The van der Waals surface area contributed by atoms with Gasteiger partial charge >= 0.3 is 0 Å². The predicted octanol–water partition coefficient (Wildman–Crippen LogP) is 5.43. The van der Waals surface area contributed by atoms with Crippen molar-refractivity contribution >= 4 is 80.3 Å². The summed E-state index contributed by atoms with van der Waals surface area (Å²) in [5.41, 5.74) is 3.28. The number of imide groups is 2. The van der Waals surface area contributed by atoms with E-state index < -0.39 is 0 Å². The van der Waals surface area contributed by atoms with Gasteiger partial charge in [-0.25, -0.2) is 4.90 Å². The second-order valence-corrected chi connectivity index (χ2v) is 10.1. The zero-order chi connectivity index (χ0) is 26.7. The Balaban J connectivity index is 1.46. The molecule has 0 bridgehead atoms. The van der Waals surface area contributed by atoms with E-state index in [0.717, 1.165) is 42.8 Å². The van der Waals surface area contributed by atoms with Gasteiger partial charge < -0.3 is 0 Å². The van der Waals surface area contributed by atoms with Crippen molar-refractivity contribution in [1.82, 2.24) is 4.90 Å². The highest BCUT2D eigenvalue weighted by atomic mass is 16.2. The van der Waals surface area contributed by atoms with E-state index in [1.165, 1.54) is 11.9 Å². The molecule has 4 amide bonds. The fourth-order valence-corrected chi connectivity index (χ4v) is 6.40. The van der Waals surface area contributed by atoms with Crippen molar-refractivity contribution in [3.8, 4) is 0 Å². The van der Waals surface area contributed by atoms with Gasteiger partial charge in [0.2, 0.25) is 0 Å². The summed E-state index contributed by atoms with van der Waals surface area (Å²) in [6, 6.07) is 21.8. The van der Waals surface area contributed by atoms with E-state index >= 15 is 0 Å². The Kier molecular flexibility index (Phi) is 4.11. The third-order valence-corrected chi connectivity index (χ3v) is 8.27. The molecule has 182 valence electrons. The highest BCUT2D eigenvalue weighted by Gasteiger charge is 2.36. The molecule has 2 heterocycles. The van der Waals surface area contributed by atoms with Crippen LogP contribution in [0.2, 0.25) is 0 Å². The molecule has 0 unspecified atom stereocenters. The van der Waals surface area contributed by atoms with Crippen LogP contribution >= 0.6 is 0 Å². The molecule has 0 saturated heterocycles. The molecule has 0 saturated carbocycles. The van der Waals surface area contributed by atoms with Crippen LogP contribution in [0.5, 0.6) is 0 Å². The zero-order valence-corrected chi connectivity index (χ0v) is 20.7. The van der Waals surface area contributed by atoms with Crippen LogP contribution in [0, 0.1) is 0 Å². The molecule has 0 N–H and O–H groups in total. The zero-order valence-electron chi connectivity index (χ0n) is 20.7. The van der Waals surface area contributed by atoms with Crippen LogP contribution in [0.3, 0.4) is 0 Å². The fourth-order valence-electron chi connectivity index (χ4n) is 6.40. The van der Waals surface area contributed by atoms with Gasteiger partial charge in [-0.2, -0.15) is 0 Å². The van der Waals surface area contributed by atoms with Crippen molar-refractivity contribution in [3.63, 3.8) is 0 Å². The van der Waals surface area contributed by atoms with Crippen molar-refractivity contribution in [2.45, 2.75) is 6.32 Å². The Bertz CT molecular complexity index is 2030. The Morgan fingerprint density at radius 1 is 0.513 bits per heavy atom. The number of fused-ring (bicyclic) bond motifs is 2. The first-order chi connectivity index (χ1) is 18.9. The molecule has 0 atom stereocenters. The molecule has 6 aromatic carbocycles. The average molecular weight is 504 g/mol. The number of carbonyl (C=O) groups excluding carboxylic acids is 4. The molecular formula is C32H17BN2O4. The summed E-state index contributed by atoms with van der Waals surface area (Å²) in [5.74, 6) is -1.43. The maximum atomic E-state index is 13.8. The second kappa shape index (κ2) is 7.29. The molecule has 0 fully saturated rings. The lowest BCUT2D eigenvalue weighted by Crippen LogP contribution is -2.40. The van der Waals surface area contributed by atoms with Gasteiger partial charge in [0.1, 0.15) is 0 Å². The summed E-state index contributed by atoms with van der Waals surface area (Å²) in [4.78, 5) is 55.9. The maximum Gasteiger partial charge on any atom is 0.265 e. The lowest BCUT2D eigenvalue weighted by atomic mass is 9.82. The van der Waals surface area contributed by atoms with Crippen LogP contribution in [0.1, 0.15) is 47.0 Å². The van der Waals surface area contributed by atoms with Crippen molar-refractivity contribution < 1.29 is 19.2 Å². The van der Waals surface area contributed by atoms with Crippen LogP contribution in [-0.4, -0.2) is 43.4 Å². The largest absolute Gasteiger partial charge is 0.277 e. The Morgan fingerprint density at radius 3 is 1.28 bits per heavy atom. The van der Waals surface area contributed by atoms with E-state index in [4.69, 9.17) is 7.85 Å². The Hall–Kier alpha value is -5.04. The van der Waals surface area contributed by atoms with Gasteiger partial charge in [0.25, 0.3) is 23.6 Å². The summed E-state index contributed by atoms with van der Waals surface area (Å²) >= 11 is 0. The van der Waals surface area contributed by atoms with E-state index in [2.05, 4.69) is 0 Å². The van der Waals surface area contributed by atoms with E-state index in [1.54, 1.807) is 36.4 Å². The number of amides is 4. The predicted molar refractivity (Wildman–Crippen MR) is 151 cm³/mol. The van der Waals surface area contributed by atoms with Gasteiger partial charge in [-0.3, -0.25) is 24.1 Å². The summed E-state index contributed by atoms with van der Waals surface area (Å²) in [5, 5.41) is 6.40. The molecule has 7 heteroatoms. The fraction of sp³-hybridized carbons (Fsp3) is 0.0625. The van der Waals surface area contributed by atoms with Gasteiger partial charge in [0.05, 0.1) is 13.5 Å². The van der Waals surface area contributed by atoms with Crippen molar-refractivity contribution in [3.05, 3.63) is 101 Å². The van der Waals surface area contributed by atoms with Crippen LogP contribution in [0.15, 0.2) is 72.8 Å². The maximum absolute atomic E-state index is 13.8. The van der Waals surface area contributed by atoms with Crippen molar-refractivity contribution in [2.75, 3.05) is 11.9 Å². The Labute approximate surface area is 223 Å². The summed E-state index contributed by atoms with van der Waals surface area (Å²) < 4.78 is 0. The highest BCUT2D eigenvalue weighted by Crippen LogP contribution is 2.46. The van der Waals surface area contributed by atoms with E-state index in [-0.39, 0.29) is 23.6 Å². The van der Waals surface area contributed by atoms with Crippen LogP contribution in [0.25, 0.3) is 43.1 Å². The molecular weight excluding hydrogens is 487 g/mol. The highest BCUT2D eigenvalue weighted by molar-refractivity contribution is 6.43. The lowest BCUT2D eigenvalue weighted by molar-refractivity contribution is 0.0650. The third kappa shape index (κ3) is 2.57. The molecule has 6 nitrogen and oxygen atoms in total. The summed E-state index contributed by atoms with van der Waals surface area (Å²) in [6.07, 6.45) is 0.367. The smallest absolute Gasteiger partial charge is 0.265 e. The monoisotopic (exact) mass is 504 g/mol. The minimum absolute atomic E-state index is 0.331.